The van der Waals surface area contributed by atoms with Crippen molar-refractivity contribution in [3.63, 3.8) is 0 Å². The van der Waals surface area contributed by atoms with Gasteiger partial charge in [-0.25, -0.2) is 0 Å². The number of benzene rings is 1. The summed E-state index contributed by atoms with van der Waals surface area (Å²) in [6.45, 7) is 2.41. The second-order valence-electron chi connectivity index (χ2n) is 4.16. The normalized spacial score (nSPS) is 13.6. The van der Waals surface area contributed by atoms with Crippen molar-refractivity contribution in [3.05, 3.63) is 28.3 Å². The predicted octanol–water partition coefficient (Wildman–Crippen LogP) is 2.17. The Balaban J connectivity index is 2.75. The number of ether oxygens (including phenoxy) is 1. The van der Waals surface area contributed by atoms with E-state index in [1.54, 1.807) is 18.4 Å². The van der Waals surface area contributed by atoms with Gasteiger partial charge in [-0.2, -0.15) is 0 Å². The highest BCUT2D eigenvalue weighted by molar-refractivity contribution is 7.84. The molecule has 1 N–H and O–H groups in total. The smallest absolute Gasteiger partial charge is 0.292 e. The van der Waals surface area contributed by atoms with Crippen molar-refractivity contribution in [2.24, 2.45) is 0 Å². The fourth-order valence-electron chi connectivity index (χ4n) is 1.52. The molecule has 0 spiro atoms. The Kier molecular flexibility index (Phi) is 5.75. The lowest BCUT2D eigenvalue weighted by Gasteiger charge is -2.11. The van der Waals surface area contributed by atoms with Crippen molar-refractivity contribution in [2.75, 3.05) is 25.2 Å². The third kappa shape index (κ3) is 4.51. The highest BCUT2D eigenvalue weighted by Gasteiger charge is 2.14. The summed E-state index contributed by atoms with van der Waals surface area (Å²) < 4.78 is 16.3. The molecule has 2 atom stereocenters. The van der Waals surface area contributed by atoms with Gasteiger partial charge in [-0.3, -0.25) is 14.3 Å². The van der Waals surface area contributed by atoms with E-state index >= 15 is 0 Å². The molecule has 0 saturated heterocycles. The van der Waals surface area contributed by atoms with E-state index in [1.807, 2.05) is 6.92 Å². The summed E-state index contributed by atoms with van der Waals surface area (Å²) in [4.78, 5) is 10.5. The fraction of sp³-hybridized carbons (Fsp3) is 0.500. The summed E-state index contributed by atoms with van der Waals surface area (Å²) in [5, 5.41) is 14.0. The molecule has 0 amide bonds. The number of hydrogen-bond acceptors (Lipinski definition) is 5. The molecule has 0 aromatic heterocycles. The van der Waals surface area contributed by atoms with Gasteiger partial charge in [-0.1, -0.05) is 6.92 Å². The first-order valence-corrected chi connectivity index (χ1v) is 7.46. The SMILES string of the molecule is COc1ccc([N+](=O)[O-])c(NCCC(C)S(C)=O)c1. The Labute approximate surface area is 114 Å². The molecular formula is C12H18N2O4S. The zero-order valence-electron chi connectivity index (χ0n) is 11.2. The number of methoxy groups -OCH3 is 1. The van der Waals surface area contributed by atoms with Crippen LogP contribution in [0.4, 0.5) is 11.4 Å². The molecule has 106 valence electrons. The molecule has 0 aliphatic rings. The number of nitrogens with one attached hydrogen (secondary N) is 1. The third-order valence-electron chi connectivity index (χ3n) is 2.83. The lowest BCUT2D eigenvalue weighted by molar-refractivity contribution is -0.384. The topological polar surface area (TPSA) is 81.5 Å². The second-order valence-corrected chi connectivity index (χ2v) is 5.97. The second kappa shape index (κ2) is 7.08. The largest absolute Gasteiger partial charge is 0.497 e. The molecule has 7 heteroatoms. The van der Waals surface area contributed by atoms with Crippen molar-refractivity contribution >= 4 is 22.2 Å². The molecule has 0 aliphatic carbocycles. The number of hydrogen-bond donors (Lipinski definition) is 1. The maximum atomic E-state index is 11.2. The Bertz CT molecular complexity index is 479. The highest BCUT2D eigenvalue weighted by Crippen LogP contribution is 2.28. The number of nitro groups is 1. The molecule has 0 heterocycles. The van der Waals surface area contributed by atoms with Crippen LogP contribution in [-0.4, -0.2) is 34.3 Å². The molecule has 1 rings (SSSR count). The van der Waals surface area contributed by atoms with Crippen molar-refractivity contribution in [1.82, 2.24) is 0 Å². The Morgan fingerprint density at radius 3 is 2.74 bits per heavy atom. The maximum absolute atomic E-state index is 11.2. The summed E-state index contributed by atoms with van der Waals surface area (Å²) in [6, 6.07) is 4.54. The van der Waals surface area contributed by atoms with E-state index in [2.05, 4.69) is 5.32 Å². The Morgan fingerprint density at radius 1 is 1.53 bits per heavy atom. The molecule has 6 nitrogen and oxygen atoms in total. The van der Waals surface area contributed by atoms with Gasteiger partial charge in [0.2, 0.25) is 0 Å². The number of nitrogens with zero attached hydrogens (tertiary/aromatic N) is 1. The van der Waals surface area contributed by atoms with E-state index in [4.69, 9.17) is 4.74 Å². The summed E-state index contributed by atoms with van der Waals surface area (Å²) in [7, 11) is 0.620. The highest BCUT2D eigenvalue weighted by atomic mass is 32.2. The lowest BCUT2D eigenvalue weighted by Crippen LogP contribution is -2.15. The van der Waals surface area contributed by atoms with E-state index in [0.717, 1.165) is 0 Å². The maximum Gasteiger partial charge on any atom is 0.292 e. The molecule has 2 unspecified atom stereocenters. The quantitative estimate of drug-likeness (QED) is 0.613. The van der Waals surface area contributed by atoms with Crippen molar-refractivity contribution in [1.29, 1.82) is 0 Å². The zero-order valence-corrected chi connectivity index (χ0v) is 12.0. The molecule has 1 aromatic carbocycles. The first kappa shape index (κ1) is 15.4. The molecule has 0 fully saturated rings. The number of rotatable bonds is 7. The van der Waals surface area contributed by atoms with Crippen LogP contribution in [0.1, 0.15) is 13.3 Å². The van der Waals surface area contributed by atoms with E-state index < -0.39 is 15.7 Å². The van der Waals surface area contributed by atoms with E-state index in [0.29, 0.717) is 24.4 Å². The van der Waals surface area contributed by atoms with Gasteiger partial charge in [0, 0.05) is 41.0 Å². The molecule has 0 bridgehead atoms. The van der Waals surface area contributed by atoms with Crippen molar-refractivity contribution in [3.8, 4) is 5.75 Å². The molecule has 19 heavy (non-hydrogen) atoms. The minimum Gasteiger partial charge on any atom is -0.497 e. The minimum atomic E-state index is -0.887. The molecular weight excluding hydrogens is 268 g/mol. The van der Waals surface area contributed by atoms with Crippen LogP contribution in [0.3, 0.4) is 0 Å². The number of nitro benzene ring substituents is 1. The van der Waals surface area contributed by atoms with Gasteiger partial charge < -0.3 is 10.1 Å². The van der Waals surface area contributed by atoms with Gasteiger partial charge in [-0.15, -0.1) is 0 Å². The molecule has 0 radical (unpaired) electrons. The van der Waals surface area contributed by atoms with Crippen LogP contribution in [0.5, 0.6) is 5.75 Å². The fourth-order valence-corrected chi connectivity index (χ4v) is 1.97. The first-order valence-electron chi connectivity index (χ1n) is 5.84. The number of anilines is 1. The standard InChI is InChI=1S/C12H18N2O4S/c1-9(19(3)17)6-7-13-11-8-10(18-2)4-5-12(11)14(15)16/h4-5,8-9,13H,6-7H2,1-3H3. The van der Waals surface area contributed by atoms with E-state index in [-0.39, 0.29) is 10.9 Å². The first-order chi connectivity index (χ1) is 8.95. The summed E-state index contributed by atoms with van der Waals surface area (Å²) >= 11 is 0. The van der Waals surface area contributed by atoms with E-state index in [9.17, 15) is 14.3 Å². The molecule has 1 aromatic rings. The summed E-state index contributed by atoms with van der Waals surface area (Å²) in [5.41, 5.74) is 0.421. The summed E-state index contributed by atoms with van der Waals surface area (Å²) in [6.07, 6.45) is 2.33. The molecule has 0 aliphatic heterocycles. The lowest BCUT2D eigenvalue weighted by atomic mass is 10.2. The van der Waals surface area contributed by atoms with Crippen LogP contribution in [0.2, 0.25) is 0 Å². The van der Waals surface area contributed by atoms with Crippen molar-refractivity contribution < 1.29 is 13.9 Å². The zero-order chi connectivity index (χ0) is 14.4. The Morgan fingerprint density at radius 2 is 2.21 bits per heavy atom. The monoisotopic (exact) mass is 286 g/mol. The van der Waals surface area contributed by atoms with E-state index in [1.165, 1.54) is 13.2 Å². The Hall–Kier alpha value is -1.63. The third-order valence-corrected chi connectivity index (χ3v) is 4.20. The van der Waals surface area contributed by atoms with Crippen LogP contribution < -0.4 is 10.1 Å². The van der Waals surface area contributed by atoms with Crippen LogP contribution in [0, 0.1) is 10.1 Å². The minimum absolute atomic E-state index is 0.00562. The van der Waals surface area contributed by atoms with Gasteiger partial charge in [0.1, 0.15) is 11.4 Å². The average Bonchev–Trinajstić information content (AvgIpc) is 2.37. The van der Waals surface area contributed by atoms with Gasteiger partial charge in [-0.05, 0) is 12.5 Å². The van der Waals surface area contributed by atoms with Gasteiger partial charge >= 0.3 is 0 Å². The van der Waals surface area contributed by atoms with Gasteiger partial charge in [0.05, 0.1) is 12.0 Å². The van der Waals surface area contributed by atoms with Crippen LogP contribution in [0.25, 0.3) is 0 Å². The van der Waals surface area contributed by atoms with Crippen LogP contribution in [-0.2, 0) is 10.8 Å². The van der Waals surface area contributed by atoms with Crippen LogP contribution >= 0.6 is 0 Å². The van der Waals surface area contributed by atoms with Gasteiger partial charge in [0.15, 0.2) is 0 Å². The van der Waals surface area contributed by atoms with Crippen LogP contribution in [0.15, 0.2) is 18.2 Å². The van der Waals surface area contributed by atoms with Gasteiger partial charge in [0.25, 0.3) is 5.69 Å². The average molecular weight is 286 g/mol. The van der Waals surface area contributed by atoms with Crippen molar-refractivity contribution in [2.45, 2.75) is 18.6 Å². The summed E-state index contributed by atoms with van der Waals surface area (Å²) in [5.74, 6) is 0.556. The predicted molar refractivity (Wildman–Crippen MR) is 76.3 cm³/mol. The molecule has 0 saturated carbocycles.